The highest BCUT2D eigenvalue weighted by atomic mass is 32.2. The SMILES string of the molecule is CN(C)c1nnc(SCCNc2cccc(F)c2)s1. The van der Waals surface area contributed by atoms with Crippen molar-refractivity contribution in [2.45, 2.75) is 4.34 Å². The van der Waals surface area contributed by atoms with Gasteiger partial charge in [-0.2, -0.15) is 0 Å². The van der Waals surface area contributed by atoms with Crippen molar-refractivity contribution >= 4 is 33.9 Å². The summed E-state index contributed by atoms with van der Waals surface area (Å²) in [4.78, 5) is 1.94. The minimum atomic E-state index is -0.225. The monoisotopic (exact) mass is 298 g/mol. The zero-order valence-corrected chi connectivity index (χ0v) is 12.4. The van der Waals surface area contributed by atoms with Crippen LogP contribution in [0.2, 0.25) is 0 Å². The molecule has 0 aliphatic carbocycles. The third kappa shape index (κ3) is 4.36. The van der Waals surface area contributed by atoms with Gasteiger partial charge in [-0.3, -0.25) is 0 Å². The second-order valence-corrected chi connectivity index (χ2v) is 6.33. The van der Waals surface area contributed by atoms with Crippen LogP contribution in [0.4, 0.5) is 15.2 Å². The Balaban J connectivity index is 1.74. The van der Waals surface area contributed by atoms with Gasteiger partial charge in [0.1, 0.15) is 5.82 Å². The Morgan fingerprint density at radius 3 is 2.89 bits per heavy atom. The average Bonchev–Trinajstić information content (AvgIpc) is 2.84. The highest BCUT2D eigenvalue weighted by Gasteiger charge is 2.05. The molecule has 1 N–H and O–H groups in total. The van der Waals surface area contributed by atoms with Crippen LogP contribution >= 0.6 is 23.1 Å². The van der Waals surface area contributed by atoms with Gasteiger partial charge in [0.2, 0.25) is 5.13 Å². The minimum Gasteiger partial charge on any atom is -0.384 e. The minimum absolute atomic E-state index is 0.225. The van der Waals surface area contributed by atoms with Gasteiger partial charge in [0, 0.05) is 32.1 Å². The van der Waals surface area contributed by atoms with Crippen LogP contribution in [0.5, 0.6) is 0 Å². The molecule has 0 atom stereocenters. The van der Waals surface area contributed by atoms with Gasteiger partial charge in [-0.15, -0.1) is 10.2 Å². The van der Waals surface area contributed by atoms with E-state index in [-0.39, 0.29) is 5.82 Å². The van der Waals surface area contributed by atoms with Crippen LogP contribution in [-0.4, -0.2) is 36.6 Å². The topological polar surface area (TPSA) is 41.1 Å². The number of nitrogens with one attached hydrogen (secondary N) is 1. The maximum absolute atomic E-state index is 13.0. The van der Waals surface area contributed by atoms with Crippen molar-refractivity contribution in [2.75, 3.05) is 36.6 Å². The average molecular weight is 298 g/mol. The lowest BCUT2D eigenvalue weighted by atomic mass is 10.3. The van der Waals surface area contributed by atoms with Crippen molar-refractivity contribution in [1.82, 2.24) is 10.2 Å². The maximum atomic E-state index is 13.0. The van der Waals surface area contributed by atoms with Crippen LogP contribution < -0.4 is 10.2 Å². The van der Waals surface area contributed by atoms with Crippen molar-refractivity contribution in [3.63, 3.8) is 0 Å². The highest BCUT2D eigenvalue weighted by Crippen LogP contribution is 2.26. The summed E-state index contributed by atoms with van der Waals surface area (Å²) in [6.45, 7) is 0.755. The lowest BCUT2D eigenvalue weighted by molar-refractivity contribution is 0.628. The van der Waals surface area contributed by atoms with E-state index in [2.05, 4.69) is 15.5 Å². The number of halogens is 1. The molecule has 0 saturated carbocycles. The first kappa shape index (κ1) is 14.1. The quantitative estimate of drug-likeness (QED) is 0.656. The molecule has 0 saturated heterocycles. The van der Waals surface area contributed by atoms with Gasteiger partial charge in [0.15, 0.2) is 4.34 Å². The molecule has 7 heteroatoms. The number of benzene rings is 1. The van der Waals surface area contributed by atoms with Crippen molar-refractivity contribution in [3.8, 4) is 0 Å². The van der Waals surface area contributed by atoms with Gasteiger partial charge in [-0.05, 0) is 18.2 Å². The Kier molecular flexibility index (Phi) is 4.98. The molecule has 0 spiro atoms. The van der Waals surface area contributed by atoms with Crippen molar-refractivity contribution in [3.05, 3.63) is 30.1 Å². The molecule has 1 heterocycles. The van der Waals surface area contributed by atoms with Crippen LogP contribution in [0.15, 0.2) is 28.6 Å². The second kappa shape index (κ2) is 6.72. The standard InChI is InChI=1S/C12H15FN4S2/c1-17(2)11-15-16-12(19-11)18-7-6-14-10-5-3-4-9(13)8-10/h3-5,8,14H,6-7H2,1-2H3. The molecule has 2 aromatic rings. The van der Waals surface area contributed by atoms with Crippen LogP contribution in [0.1, 0.15) is 0 Å². The zero-order valence-electron chi connectivity index (χ0n) is 10.8. The van der Waals surface area contributed by atoms with E-state index in [4.69, 9.17) is 0 Å². The summed E-state index contributed by atoms with van der Waals surface area (Å²) in [6, 6.07) is 6.46. The molecule has 0 aliphatic heterocycles. The molecule has 0 unspecified atom stereocenters. The fourth-order valence-corrected chi connectivity index (χ4v) is 3.06. The third-order valence-electron chi connectivity index (χ3n) is 2.26. The molecule has 19 heavy (non-hydrogen) atoms. The van der Waals surface area contributed by atoms with E-state index >= 15 is 0 Å². The Morgan fingerprint density at radius 2 is 2.21 bits per heavy atom. The van der Waals surface area contributed by atoms with E-state index in [1.165, 1.54) is 12.1 Å². The van der Waals surface area contributed by atoms with Crippen LogP contribution in [0.25, 0.3) is 0 Å². The molecule has 0 aliphatic rings. The summed E-state index contributed by atoms with van der Waals surface area (Å²) in [6.07, 6.45) is 0. The summed E-state index contributed by atoms with van der Waals surface area (Å²) >= 11 is 3.21. The predicted octanol–water partition coefficient (Wildman–Crippen LogP) is 2.95. The van der Waals surface area contributed by atoms with Gasteiger partial charge < -0.3 is 10.2 Å². The number of hydrogen-bond donors (Lipinski definition) is 1. The van der Waals surface area contributed by atoms with Crippen LogP contribution in [-0.2, 0) is 0 Å². The molecule has 0 fully saturated rings. The normalized spacial score (nSPS) is 10.5. The molecule has 0 amide bonds. The van der Waals surface area contributed by atoms with E-state index in [0.29, 0.717) is 0 Å². The smallest absolute Gasteiger partial charge is 0.208 e. The zero-order chi connectivity index (χ0) is 13.7. The van der Waals surface area contributed by atoms with E-state index in [1.807, 2.05) is 25.1 Å². The molecule has 1 aromatic heterocycles. The molecular formula is C12H15FN4S2. The van der Waals surface area contributed by atoms with Gasteiger partial charge in [-0.25, -0.2) is 4.39 Å². The maximum Gasteiger partial charge on any atom is 0.208 e. The Hall–Kier alpha value is -1.34. The van der Waals surface area contributed by atoms with Crippen LogP contribution in [0, 0.1) is 5.82 Å². The van der Waals surface area contributed by atoms with Crippen LogP contribution in [0.3, 0.4) is 0 Å². The Labute approximate surface area is 120 Å². The number of nitrogens with zero attached hydrogens (tertiary/aromatic N) is 3. The van der Waals surface area contributed by atoms with Gasteiger partial charge in [0.05, 0.1) is 0 Å². The molecule has 102 valence electrons. The van der Waals surface area contributed by atoms with Crippen molar-refractivity contribution < 1.29 is 4.39 Å². The highest BCUT2D eigenvalue weighted by molar-refractivity contribution is 8.01. The van der Waals surface area contributed by atoms with E-state index in [0.717, 1.165) is 27.5 Å². The Bertz CT molecular complexity index is 530. The first-order chi connectivity index (χ1) is 9.15. The lowest BCUT2D eigenvalue weighted by Gasteiger charge is -2.05. The van der Waals surface area contributed by atoms with Gasteiger partial charge in [0.25, 0.3) is 0 Å². The summed E-state index contributed by atoms with van der Waals surface area (Å²) in [7, 11) is 3.89. The molecule has 1 aromatic carbocycles. The number of rotatable bonds is 6. The largest absolute Gasteiger partial charge is 0.384 e. The first-order valence-corrected chi connectivity index (χ1v) is 7.58. The number of hydrogen-bond acceptors (Lipinski definition) is 6. The number of thioether (sulfide) groups is 1. The second-order valence-electron chi connectivity index (χ2n) is 4.03. The van der Waals surface area contributed by atoms with E-state index in [1.54, 1.807) is 29.2 Å². The Morgan fingerprint density at radius 1 is 1.37 bits per heavy atom. The van der Waals surface area contributed by atoms with Crippen molar-refractivity contribution in [2.24, 2.45) is 0 Å². The first-order valence-electron chi connectivity index (χ1n) is 5.78. The predicted molar refractivity (Wildman–Crippen MR) is 79.8 cm³/mol. The fraction of sp³-hybridized carbons (Fsp3) is 0.333. The summed E-state index contributed by atoms with van der Waals surface area (Å²) < 4.78 is 13.9. The number of anilines is 2. The third-order valence-corrected chi connectivity index (χ3v) is 4.49. The fourth-order valence-electron chi connectivity index (χ4n) is 1.37. The van der Waals surface area contributed by atoms with Gasteiger partial charge >= 0.3 is 0 Å². The number of aromatic nitrogens is 2. The summed E-state index contributed by atoms with van der Waals surface area (Å²) in [5.74, 6) is 0.635. The molecule has 2 rings (SSSR count). The summed E-state index contributed by atoms with van der Waals surface area (Å²) in [5.41, 5.74) is 0.798. The van der Waals surface area contributed by atoms with Gasteiger partial charge in [-0.1, -0.05) is 29.2 Å². The molecule has 0 radical (unpaired) electrons. The van der Waals surface area contributed by atoms with E-state index in [9.17, 15) is 4.39 Å². The molecule has 4 nitrogen and oxygen atoms in total. The summed E-state index contributed by atoms with van der Waals surface area (Å²) in [5, 5.41) is 12.2. The molecule has 0 bridgehead atoms. The lowest BCUT2D eigenvalue weighted by Crippen LogP contribution is -2.07. The van der Waals surface area contributed by atoms with E-state index < -0.39 is 0 Å². The molecular weight excluding hydrogens is 283 g/mol. The van der Waals surface area contributed by atoms with Crippen molar-refractivity contribution in [1.29, 1.82) is 0 Å².